The van der Waals surface area contributed by atoms with Crippen molar-refractivity contribution in [3.63, 3.8) is 0 Å². The number of hydrazine groups is 1. The van der Waals surface area contributed by atoms with Gasteiger partial charge in [0.2, 0.25) is 0 Å². The molecular weight excluding hydrogens is 480 g/mol. The van der Waals surface area contributed by atoms with Gasteiger partial charge in [0.05, 0.1) is 40.9 Å². The number of anilines is 1. The lowest BCUT2D eigenvalue weighted by atomic mass is 9.85. The van der Waals surface area contributed by atoms with E-state index in [1.807, 2.05) is 31.5 Å². The molecule has 0 saturated carbocycles. The molecule has 2 fully saturated rings. The van der Waals surface area contributed by atoms with E-state index >= 15 is 0 Å². The summed E-state index contributed by atoms with van der Waals surface area (Å²) < 4.78 is 13.3. The number of rotatable bonds is 8. The number of hydrogen-bond acceptors (Lipinski definition) is 9. The minimum atomic E-state index is -0.262. The topological polar surface area (TPSA) is 118 Å². The number of aromatic nitrogens is 4. The Morgan fingerprint density at radius 2 is 1.97 bits per heavy atom. The van der Waals surface area contributed by atoms with Crippen molar-refractivity contribution in [3.05, 3.63) is 39.8 Å². The SMILES string of the molecule is CCOc1c(C(C)n2nc(C)c3c(N)ncnc32)cc(Cl)c(C#N)c1C1CN(N2CC(COC)C2)C1. The fraction of sp³-hybridized carbons (Fsp3) is 0.520. The van der Waals surface area contributed by atoms with Crippen LogP contribution < -0.4 is 10.5 Å². The van der Waals surface area contributed by atoms with Crippen LogP contribution in [-0.2, 0) is 4.74 Å². The normalized spacial score (nSPS) is 18.1. The van der Waals surface area contributed by atoms with Crippen LogP contribution in [0.5, 0.6) is 5.75 Å². The van der Waals surface area contributed by atoms with Gasteiger partial charge in [-0.3, -0.25) is 0 Å². The van der Waals surface area contributed by atoms with Crippen LogP contribution in [0.15, 0.2) is 12.4 Å². The molecule has 0 radical (unpaired) electrons. The molecule has 5 rings (SSSR count). The van der Waals surface area contributed by atoms with E-state index in [9.17, 15) is 5.26 Å². The van der Waals surface area contributed by atoms with Gasteiger partial charge in [-0.15, -0.1) is 0 Å². The number of fused-ring (bicyclic) bond motifs is 1. The highest BCUT2D eigenvalue weighted by molar-refractivity contribution is 6.32. The third-order valence-corrected chi connectivity index (χ3v) is 7.52. The first-order chi connectivity index (χ1) is 17.4. The van der Waals surface area contributed by atoms with Crippen LogP contribution in [-0.4, -0.2) is 76.3 Å². The van der Waals surface area contributed by atoms with Crippen LogP contribution in [0.2, 0.25) is 5.02 Å². The second-order valence-electron chi connectivity index (χ2n) is 9.54. The highest BCUT2D eigenvalue weighted by atomic mass is 35.5. The maximum absolute atomic E-state index is 10.0. The largest absolute Gasteiger partial charge is 0.493 e. The molecule has 10 nitrogen and oxygen atoms in total. The van der Waals surface area contributed by atoms with Crippen molar-refractivity contribution in [2.24, 2.45) is 5.92 Å². The number of nitrogen functional groups attached to an aromatic ring is 1. The Kier molecular flexibility index (Phi) is 6.74. The number of nitrogens with zero attached hydrogens (tertiary/aromatic N) is 7. The molecule has 11 heteroatoms. The van der Waals surface area contributed by atoms with Gasteiger partial charge < -0.3 is 15.2 Å². The molecular formula is C25H31ClN8O2. The fourth-order valence-corrected chi connectivity index (χ4v) is 5.61. The van der Waals surface area contributed by atoms with Crippen molar-refractivity contribution in [2.75, 3.05) is 52.2 Å². The molecule has 2 saturated heterocycles. The molecule has 1 atom stereocenters. The molecule has 1 aromatic carbocycles. The van der Waals surface area contributed by atoms with Gasteiger partial charge in [-0.2, -0.15) is 10.4 Å². The van der Waals surface area contributed by atoms with Gasteiger partial charge in [0, 0.05) is 56.3 Å². The molecule has 2 N–H and O–H groups in total. The van der Waals surface area contributed by atoms with E-state index in [-0.39, 0.29) is 12.0 Å². The zero-order valence-corrected chi connectivity index (χ0v) is 21.8. The van der Waals surface area contributed by atoms with Crippen LogP contribution in [0.1, 0.15) is 48.2 Å². The van der Waals surface area contributed by atoms with Gasteiger partial charge in [0.1, 0.15) is 24.0 Å². The van der Waals surface area contributed by atoms with Crippen LogP contribution >= 0.6 is 11.6 Å². The fourth-order valence-electron chi connectivity index (χ4n) is 5.35. The van der Waals surface area contributed by atoms with Crippen molar-refractivity contribution >= 4 is 28.5 Å². The number of aryl methyl sites for hydroxylation is 1. The molecule has 190 valence electrons. The van der Waals surface area contributed by atoms with E-state index in [1.165, 1.54) is 6.33 Å². The lowest BCUT2D eigenvalue weighted by Crippen LogP contribution is -2.63. The molecule has 3 aromatic rings. The number of nitrogens with two attached hydrogens (primary N) is 1. The predicted molar refractivity (Wildman–Crippen MR) is 137 cm³/mol. The summed E-state index contributed by atoms with van der Waals surface area (Å²) in [6.07, 6.45) is 1.44. The van der Waals surface area contributed by atoms with E-state index in [4.69, 9.17) is 31.9 Å². The predicted octanol–water partition coefficient (Wildman–Crippen LogP) is 3.14. The Morgan fingerprint density at radius 1 is 1.25 bits per heavy atom. The number of ether oxygens (including phenoxy) is 2. The maximum Gasteiger partial charge on any atom is 0.164 e. The van der Waals surface area contributed by atoms with Gasteiger partial charge in [-0.1, -0.05) is 11.6 Å². The number of nitriles is 1. The first kappa shape index (κ1) is 24.7. The molecule has 2 aliphatic heterocycles. The average Bonchev–Trinajstić information content (AvgIpc) is 3.15. The van der Waals surface area contributed by atoms with Gasteiger partial charge in [-0.25, -0.2) is 24.7 Å². The molecule has 0 bridgehead atoms. The first-order valence-corrected chi connectivity index (χ1v) is 12.6. The molecule has 1 unspecified atom stereocenters. The van der Waals surface area contributed by atoms with Crippen LogP contribution in [0.25, 0.3) is 11.0 Å². The van der Waals surface area contributed by atoms with Gasteiger partial charge >= 0.3 is 0 Å². The summed E-state index contributed by atoms with van der Waals surface area (Å²) in [5.74, 6) is 1.82. The quantitative estimate of drug-likeness (QED) is 0.487. The maximum atomic E-state index is 10.0. The highest BCUT2D eigenvalue weighted by Gasteiger charge is 2.41. The Hall–Kier alpha value is -2.97. The molecule has 0 spiro atoms. The molecule has 4 heterocycles. The Morgan fingerprint density at radius 3 is 2.64 bits per heavy atom. The Labute approximate surface area is 215 Å². The van der Waals surface area contributed by atoms with Gasteiger partial charge in [-0.05, 0) is 26.8 Å². The van der Waals surface area contributed by atoms with Crippen LogP contribution in [0.3, 0.4) is 0 Å². The third kappa shape index (κ3) is 4.06. The number of benzene rings is 1. The molecule has 2 aromatic heterocycles. The summed E-state index contributed by atoms with van der Waals surface area (Å²) in [6, 6.07) is 3.90. The smallest absolute Gasteiger partial charge is 0.164 e. The zero-order chi connectivity index (χ0) is 25.6. The third-order valence-electron chi connectivity index (χ3n) is 7.22. The second-order valence-corrected chi connectivity index (χ2v) is 9.94. The number of halogens is 1. The Bertz CT molecular complexity index is 1320. The van der Waals surface area contributed by atoms with Crippen LogP contribution in [0.4, 0.5) is 5.82 Å². The van der Waals surface area contributed by atoms with Gasteiger partial charge in [0.15, 0.2) is 5.65 Å². The van der Waals surface area contributed by atoms with E-state index in [0.29, 0.717) is 40.3 Å². The molecule has 0 amide bonds. The summed E-state index contributed by atoms with van der Waals surface area (Å²) in [4.78, 5) is 8.57. The summed E-state index contributed by atoms with van der Waals surface area (Å²) >= 11 is 6.71. The highest BCUT2D eigenvalue weighted by Crippen LogP contribution is 2.45. The van der Waals surface area contributed by atoms with Crippen molar-refractivity contribution in [1.82, 2.24) is 29.8 Å². The van der Waals surface area contributed by atoms with Gasteiger partial charge in [0.25, 0.3) is 0 Å². The molecule has 36 heavy (non-hydrogen) atoms. The lowest BCUT2D eigenvalue weighted by Gasteiger charge is -2.53. The standard InChI is InChI=1S/C25H31ClN8O2/c1-5-36-23-18(15(3)34-25-21(14(2)31-34)24(28)29-13-30-25)6-20(26)19(7-27)22(23)17-10-33(11-17)32-8-16(9-32)12-35-4/h6,13,15-17H,5,8-12H2,1-4H3,(H2,28,29,30). The van der Waals surface area contributed by atoms with Crippen molar-refractivity contribution in [1.29, 1.82) is 5.26 Å². The van der Waals surface area contributed by atoms with Crippen molar-refractivity contribution < 1.29 is 9.47 Å². The summed E-state index contributed by atoms with van der Waals surface area (Å²) in [5, 5.41) is 20.6. The van der Waals surface area contributed by atoms with Crippen molar-refractivity contribution in [2.45, 2.75) is 32.7 Å². The minimum absolute atomic E-state index is 0.140. The second kappa shape index (κ2) is 9.82. The minimum Gasteiger partial charge on any atom is -0.493 e. The number of hydrogen-bond donors (Lipinski definition) is 1. The average molecular weight is 511 g/mol. The van der Waals surface area contributed by atoms with E-state index < -0.39 is 0 Å². The molecule has 2 aliphatic rings. The molecule has 0 aliphatic carbocycles. The lowest BCUT2D eigenvalue weighted by molar-refractivity contribution is -0.157. The van der Waals surface area contributed by atoms with E-state index in [2.05, 4.69) is 26.1 Å². The van der Waals surface area contributed by atoms with E-state index in [1.54, 1.807) is 7.11 Å². The number of methoxy groups -OCH3 is 1. The monoisotopic (exact) mass is 510 g/mol. The van der Waals surface area contributed by atoms with Crippen LogP contribution in [0, 0.1) is 24.2 Å². The van der Waals surface area contributed by atoms with E-state index in [0.717, 1.165) is 55.0 Å². The van der Waals surface area contributed by atoms with Crippen molar-refractivity contribution in [3.8, 4) is 11.8 Å². The first-order valence-electron chi connectivity index (χ1n) is 12.2. The Balaban J connectivity index is 1.51. The summed E-state index contributed by atoms with van der Waals surface area (Å²) in [6.45, 7) is 10.7. The zero-order valence-electron chi connectivity index (χ0n) is 21.0. The summed E-state index contributed by atoms with van der Waals surface area (Å²) in [7, 11) is 1.74. The summed E-state index contributed by atoms with van der Waals surface area (Å²) in [5.41, 5.74) is 9.74.